The zero-order valence-electron chi connectivity index (χ0n) is 13.9. The van der Waals surface area contributed by atoms with Crippen molar-refractivity contribution in [3.8, 4) is 0 Å². The number of fused-ring (bicyclic) bond motifs is 1. The number of carboxylic acid groups (broad SMARTS) is 1. The Balaban J connectivity index is 0.000000569. The SMILES string of the molecule is O=C1NC[C@H]2CN(Cc3cncn3Cc3ccccc3)C[C@@H]12.O=CO. The summed E-state index contributed by atoms with van der Waals surface area (Å²) in [4.78, 5) is 26.8. The van der Waals surface area contributed by atoms with Crippen LogP contribution in [0.5, 0.6) is 0 Å². The van der Waals surface area contributed by atoms with Gasteiger partial charge in [0, 0.05) is 44.8 Å². The van der Waals surface area contributed by atoms with Gasteiger partial charge in [-0.1, -0.05) is 30.3 Å². The van der Waals surface area contributed by atoms with Crippen molar-refractivity contribution >= 4 is 12.4 Å². The van der Waals surface area contributed by atoms with Crippen LogP contribution in [0, 0.1) is 11.8 Å². The molecule has 4 rings (SSSR count). The monoisotopic (exact) mass is 342 g/mol. The number of benzene rings is 1. The summed E-state index contributed by atoms with van der Waals surface area (Å²) in [7, 11) is 0. The summed E-state index contributed by atoms with van der Waals surface area (Å²) in [5, 5.41) is 9.85. The average molecular weight is 342 g/mol. The summed E-state index contributed by atoms with van der Waals surface area (Å²) in [5.74, 6) is 0.897. The van der Waals surface area contributed by atoms with E-state index in [1.54, 1.807) is 0 Å². The van der Waals surface area contributed by atoms with E-state index in [0.717, 1.165) is 32.7 Å². The molecule has 7 nitrogen and oxygen atoms in total. The van der Waals surface area contributed by atoms with E-state index in [0.29, 0.717) is 5.92 Å². The second-order valence-electron chi connectivity index (χ2n) is 6.41. The van der Waals surface area contributed by atoms with Gasteiger partial charge in [-0.25, -0.2) is 4.98 Å². The van der Waals surface area contributed by atoms with E-state index in [4.69, 9.17) is 9.90 Å². The number of carbonyl (C=O) groups excluding carboxylic acids is 1. The standard InChI is InChI=1S/C17H20N4O.CH2O2/c22-17-16-11-20(9-14(16)6-19-17)10-15-7-18-12-21(15)8-13-4-2-1-3-5-13;2-1-3/h1-5,7,12,14,16H,6,8-11H2,(H,19,22);1H,(H,2,3)/t14-,16+;/m0./s1. The van der Waals surface area contributed by atoms with Gasteiger partial charge in [-0.05, 0) is 5.56 Å². The van der Waals surface area contributed by atoms with Gasteiger partial charge in [-0.3, -0.25) is 14.5 Å². The van der Waals surface area contributed by atoms with Crippen molar-refractivity contribution in [3.05, 3.63) is 54.1 Å². The molecule has 2 aromatic rings. The second kappa shape index (κ2) is 7.94. The predicted octanol–water partition coefficient (Wildman–Crippen LogP) is 0.810. The first-order valence-electron chi connectivity index (χ1n) is 8.32. The highest BCUT2D eigenvalue weighted by molar-refractivity contribution is 5.81. The van der Waals surface area contributed by atoms with Crippen molar-refractivity contribution in [2.45, 2.75) is 13.1 Å². The molecule has 1 aromatic heterocycles. The second-order valence-corrected chi connectivity index (χ2v) is 6.41. The Labute approximate surface area is 146 Å². The molecular weight excluding hydrogens is 320 g/mol. The Morgan fingerprint density at radius 2 is 2.00 bits per heavy atom. The number of aromatic nitrogens is 2. The van der Waals surface area contributed by atoms with Gasteiger partial charge in [0.15, 0.2) is 0 Å². The zero-order chi connectivity index (χ0) is 17.6. The summed E-state index contributed by atoms with van der Waals surface area (Å²) in [6.45, 7) is 4.17. The highest BCUT2D eigenvalue weighted by atomic mass is 16.3. The molecule has 2 N–H and O–H groups in total. The molecule has 1 aromatic carbocycles. The van der Waals surface area contributed by atoms with Crippen LogP contribution in [0.1, 0.15) is 11.3 Å². The fraction of sp³-hybridized carbons (Fsp3) is 0.389. The van der Waals surface area contributed by atoms with Crippen molar-refractivity contribution in [1.82, 2.24) is 19.8 Å². The lowest BCUT2D eigenvalue weighted by Gasteiger charge is -2.18. The number of imidazole rings is 1. The molecule has 25 heavy (non-hydrogen) atoms. The molecule has 3 heterocycles. The minimum Gasteiger partial charge on any atom is -0.483 e. The summed E-state index contributed by atoms with van der Waals surface area (Å²) in [5.41, 5.74) is 2.49. The van der Waals surface area contributed by atoms with Crippen LogP contribution in [0.25, 0.3) is 0 Å². The molecule has 0 radical (unpaired) electrons. The first-order chi connectivity index (χ1) is 12.2. The number of nitrogens with one attached hydrogen (secondary N) is 1. The Morgan fingerprint density at radius 3 is 2.72 bits per heavy atom. The summed E-state index contributed by atoms with van der Waals surface area (Å²) >= 11 is 0. The van der Waals surface area contributed by atoms with E-state index in [1.165, 1.54) is 11.3 Å². The normalized spacial score (nSPS) is 22.0. The van der Waals surface area contributed by atoms with Crippen LogP contribution in [0.15, 0.2) is 42.9 Å². The number of nitrogens with zero attached hydrogens (tertiary/aromatic N) is 3. The highest BCUT2D eigenvalue weighted by Gasteiger charge is 2.41. The van der Waals surface area contributed by atoms with Crippen molar-refractivity contribution in [1.29, 1.82) is 0 Å². The maximum Gasteiger partial charge on any atom is 0.290 e. The van der Waals surface area contributed by atoms with Crippen LogP contribution in [-0.4, -0.2) is 51.6 Å². The molecule has 0 bridgehead atoms. The summed E-state index contributed by atoms with van der Waals surface area (Å²) in [6.07, 6.45) is 3.84. The van der Waals surface area contributed by atoms with Gasteiger partial charge in [0.2, 0.25) is 5.91 Å². The fourth-order valence-corrected chi connectivity index (χ4v) is 3.59. The lowest BCUT2D eigenvalue weighted by molar-refractivity contribution is -0.123. The Morgan fingerprint density at radius 1 is 1.24 bits per heavy atom. The molecule has 2 saturated heterocycles. The molecule has 2 aliphatic rings. The number of carbonyl (C=O) groups is 2. The van der Waals surface area contributed by atoms with Gasteiger partial charge in [0.25, 0.3) is 6.47 Å². The number of hydrogen-bond donors (Lipinski definition) is 2. The lowest BCUT2D eigenvalue weighted by Crippen LogP contribution is -2.29. The lowest BCUT2D eigenvalue weighted by atomic mass is 10.0. The molecule has 2 fully saturated rings. The predicted molar refractivity (Wildman–Crippen MR) is 91.7 cm³/mol. The number of hydrogen-bond acceptors (Lipinski definition) is 4. The first kappa shape index (κ1) is 17.2. The van der Waals surface area contributed by atoms with Gasteiger partial charge < -0.3 is 15.0 Å². The quantitative estimate of drug-likeness (QED) is 0.803. The van der Waals surface area contributed by atoms with Crippen LogP contribution in [-0.2, 0) is 22.7 Å². The molecule has 2 atom stereocenters. The Hall–Kier alpha value is -2.67. The smallest absolute Gasteiger partial charge is 0.290 e. The molecular formula is C18H22N4O3. The topological polar surface area (TPSA) is 87.5 Å². The van der Waals surface area contributed by atoms with Gasteiger partial charge in [-0.15, -0.1) is 0 Å². The van der Waals surface area contributed by atoms with Gasteiger partial charge >= 0.3 is 0 Å². The van der Waals surface area contributed by atoms with Crippen molar-refractivity contribution in [2.75, 3.05) is 19.6 Å². The Bertz CT molecular complexity index is 716. The molecule has 1 amide bonds. The van der Waals surface area contributed by atoms with Gasteiger partial charge in [-0.2, -0.15) is 0 Å². The van der Waals surface area contributed by atoms with Crippen molar-refractivity contribution in [2.24, 2.45) is 11.8 Å². The van der Waals surface area contributed by atoms with Crippen LogP contribution in [0.4, 0.5) is 0 Å². The first-order valence-corrected chi connectivity index (χ1v) is 8.32. The van der Waals surface area contributed by atoms with Crippen LogP contribution in [0.2, 0.25) is 0 Å². The third-order valence-corrected chi connectivity index (χ3v) is 4.77. The molecule has 7 heteroatoms. The number of likely N-dealkylation sites (tertiary alicyclic amines) is 1. The maximum atomic E-state index is 11.8. The largest absolute Gasteiger partial charge is 0.483 e. The van der Waals surface area contributed by atoms with E-state index < -0.39 is 0 Å². The maximum absolute atomic E-state index is 11.8. The van der Waals surface area contributed by atoms with Gasteiger partial charge in [0.05, 0.1) is 17.9 Å². The van der Waals surface area contributed by atoms with E-state index in [1.807, 2.05) is 18.6 Å². The van der Waals surface area contributed by atoms with Crippen LogP contribution < -0.4 is 5.32 Å². The minimum atomic E-state index is -0.250. The fourth-order valence-electron chi connectivity index (χ4n) is 3.59. The summed E-state index contributed by atoms with van der Waals surface area (Å²) < 4.78 is 2.20. The van der Waals surface area contributed by atoms with Crippen LogP contribution >= 0.6 is 0 Å². The third kappa shape index (κ3) is 4.06. The van der Waals surface area contributed by atoms with Crippen molar-refractivity contribution in [3.63, 3.8) is 0 Å². The van der Waals surface area contributed by atoms with E-state index in [-0.39, 0.29) is 18.3 Å². The van der Waals surface area contributed by atoms with E-state index >= 15 is 0 Å². The molecule has 0 saturated carbocycles. The van der Waals surface area contributed by atoms with Crippen LogP contribution in [0.3, 0.4) is 0 Å². The summed E-state index contributed by atoms with van der Waals surface area (Å²) in [6, 6.07) is 10.4. The molecule has 2 aliphatic heterocycles. The Kier molecular flexibility index (Phi) is 5.45. The number of rotatable bonds is 4. The zero-order valence-corrected chi connectivity index (χ0v) is 13.9. The average Bonchev–Trinajstić information content (AvgIpc) is 3.29. The third-order valence-electron chi connectivity index (χ3n) is 4.77. The number of amides is 1. The molecule has 0 aliphatic carbocycles. The van der Waals surface area contributed by atoms with Crippen molar-refractivity contribution < 1.29 is 14.7 Å². The molecule has 0 spiro atoms. The van der Waals surface area contributed by atoms with E-state index in [2.05, 4.69) is 44.0 Å². The van der Waals surface area contributed by atoms with E-state index in [9.17, 15) is 4.79 Å². The molecule has 0 unspecified atom stereocenters. The molecule has 132 valence electrons. The minimum absolute atomic E-state index is 0.186. The highest BCUT2D eigenvalue weighted by Crippen LogP contribution is 2.28. The van der Waals surface area contributed by atoms with Gasteiger partial charge in [0.1, 0.15) is 0 Å².